The fraction of sp³-hybridized carbons (Fsp3) is 1.00. The Hall–Kier alpha value is 2.02. The van der Waals surface area contributed by atoms with E-state index in [0.29, 0.717) is 0 Å². The molecule has 98 valence electrons. The minimum absolute atomic E-state index is 0.0369. The third-order valence-corrected chi connectivity index (χ3v) is 11.6. The van der Waals surface area contributed by atoms with Crippen LogP contribution < -0.4 is 0 Å². The summed E-state index contributed by atoms with van der Waals surface area (Å²) in [5, 5.41) is 0.736. The fourth-order valence-electron chi connectivity index (χ4n) is 1.64. The van der Waals surface area contributed by atoms with Crippen LogP contribution in [0.15, 0.2) is 0 Å². The van der Waals surface area contributed by atoms with E-state index in [0.717, 1.165) is 53.6 Å². The van der Waals surface area contributed by atoms with Crippen LogP contribution in [0.3, 0.4) is 0 Å². The average molecular weight is 344 g/mol. The molecule has 0 aliphatic heterocycles. The molecule has 0 aromatic carbocycles. The van der Waals surface area contributed by atoms with Crippen molar-refractivity contribution in [1.29, 1.82) is 0 Å². The highest BCUT2D eigenvalue weighted by molar-refractivity contribution is 7.76. The second-order valence-corrected chi connectivity index (χ2v) is 11.1. The lowest BCUT2D eigenvalue weighted by atomic mass is 10.9. The van der Waals surface area contributed by atoms with E-state index < -0.39 is 0 Å². The summed E-state index contributed by atoms with van der Waals surface area (Å²) in [5.41, 5.74) is 0. The summed E-state index contributed by atoms with van der Waals surface area (Å²) in [6, 6.07) is 0. The zero-order valence-electron chi connectivity index (χ0n) is 9.64. The van der Waals surface area contributed by atoms with Gasteiger partial charge >= 0.3 is 0 Å². The molecular formula is C10H20Cl4P2. The van der Waals surface area contributed by atoms with Crippen molar-refractivity contribution in [3.8, 4) is 0 Å². The van der Waals surface area contributed by atoms with Crippen molar-refractivity contribution in [1.82, 2.24) is 0 Å². The van der Waals surface area contributed by atoms with Crippen molar-refractivity contribution in [2.75, 3.05) is 48.2 Å². The quantitative estimate of drug-likeness (QED) is 0.375. The Morgan fingerprint density at radius 3 is 1.12 bits per heavy atom. The largest absolute Gasteiger partial charge is 0.126 e. The molecule has 0 atom stereocenters. The maximum atomic E-state index is 5.86. The number of hydrogen-bond acceptors (Lipinski definition) is 0. The third kappa shape index (κ3) is 7.45. The Morgan fingerprint density at radius 1 is 0.688 bits per heavy atom. The van der Waals surface area contributed by atoms with Crippen LogP contribution >= 0.6 is 62.2 Å². The van der Waals surface area contributed by atoms with Crippen molar-refractivity contribution < 1.29 is 0 Å². The fourth-order valence-corrected chi connectivity index (χ4v) is 10.3. The van der Waals surface area contributed by atoms with Crippen LogP contribution in [-0.2, 0) is 0 Å². The number of hydrogen-bond donors (Lipinski definition) is 0. The van der Waals surface area contributed by atoms with E-state index >= 15 is 0 Å². The molecule has 0 saturated carbocycles. The van der Waals surface area contributed by atoms with E-state index in [2.05, 4.69) is 6.92 Å². The van der Waals surface area contributed by atoms with Crippen LogP contribution in [0.2, 0.25) is 0 Å². The molecule has 6 heteroatoms. The van der Waals surface area contributed by atoms with Gasteiger partial charge in [-0.15, -0.1) is 46.4 Å². The Balaban J connectivity index is 4.31. The van der Waals surface area contributed by atoms with Gasteiger partial charge < -0.3 is 0 Å². The molecule has 0 aliphatic carbocycles. The lowest BCUT2D eigenvalue weighted by Crippen LogP contribution is -2.10. The molecule has 16 heavy (non-hydrogen) atoms. The van der Waals surface area contributed by atoms with Crippen molar-refractivity contribution in [2.45, 2.75) is 12.3 Å². The molecule has 0 amide bonds. The lowest BCUT2D eigenvalue weighted by Gasteiger charge is -2.31. The molecule has 0 rings (SSSR count). The molecule has 0 radical (unpaired) electrons. The smallest absolute Gasteiger partial charge is 0.0262 e. The molecule has 0 aromatic heterocycles. The van der Waals surface area contributed by atoms with Gasteiger partial charge in [-0.3, -0.25) is 0 Å². The summed E-state index contributed by atoms with van der Waals surface area (Å²) >= 11 is 23.5. The van der Waals surface area contributed by atoms with E-state index in [1.54, 1.807) is 0 Å². The average Bonchev–Trinajstić information content (AvgIpc) is 2.27. The number of alkyl halides is 4. The van der Waals surface area contributed by atoms with Gasteiger partial charge in [-0.1, -0.05) is 22.8 Å². The molecule has 0 heterocycles. The molecule has 0 bridgehead atoms. The molecule has 0 saturated heterocycles. The Kier molecular flexibility index (Phi) is 13.6. The molecule has 0 fully saturated rings. The summed E-state index contributed by atoms with van der Waals surface area (Å²) < 4.78 is 0. The minimum atomic E-state index is -0.0369. The van der Waals surface area contributed by atoms with Crippen LogP contribution in [0.5, 0.6) is 0 Å². The zero-order valence-corrected chi connectivity index (χ0v) is 14.5. The van der Waals surface area contributed by atoms with Crippen molar-refractivity contribution in [3.63, 3.8) is 0 Å². The van der Waals surface area contributed by atoms with E-state index in [-0.39, 0.29) is 15.8 Å². The minimum Gasteiger partial charge on any atom is -0.126 e. The highest BCUT2D eigenvalue weighted by atomic mass is 35.5. The summed E-state index contributed by atoms with van der Waals surface area (Å²) in [7, 11) is -0.0738. The predicted molar refractivity (Wildman–Crippen MR) is 85.7 cm³/mol. The third-order valence-electron chi connectivity index (χ3n) is 2.54. The zero-order chi connectivity index (χ0) is 12.4. The second kappa shape index (κ2) is 12.1. The molecule has 0 nitrogen and oxygen atoms in total. The van der Waals surface area contributed by atoms with Gasteiger partial charge in [0.2, 0.25) is 0 Å². The molecule has 0 aromatic rings. The van der Waals surface area contributed by atoms with Crippen LogP contribution in [0.25, 0.3) is 0 Å². The first-order valence-corrected chi connectivity index (χ1v) is 11.1. The Bertz CT molecular complexity index is 132. The van der Waals surface area contributed by atoms with Crippen molar-refractivity contribution >= 4 is 62.2 Å². The van der Waals surface area contributed by atoms with E-state index in [1.165, 1.54) is 0 Å². The van der Waals surface area contributed by atoms with Crippen molar-refractivity contribution in [2.24, 2.45) is 0 Å². The van der Waals surface area contributed by atoms with E-state index in [9.17, 15) is 0 Å². The van der Waals surface area contributed by atoms with Crippen LogP contribution in [0.1, 0.15) is 6.92 Å². The van der Waals surface area contributed by atoms with Gasteiger partial charge in [0.25, 0.3) is 0 Å². The number of halogens is 4. The number of rotatable bonds is 10. The van der Waals surface area contributed by atoms with E-state index in [4.69, 9.17) is 46.4 Å². The Morgan fingerprint density at radius 2 is 0.938 bits per heavy atom. The molecule has 0 spiro atoms. The maximum absolute atomic E-state index is 5.86. The van der Waals surface area contributed by atoms with Gasteiger partial charge in [0.1, 0.15) is 0 Å². The monoisotopic (exact) mass is 342 g/mol. The summed E-state index contributed by atoms with van der Waals surface area (Å²) in [4.78, 5) is 0. The maximum Gasteiger partial charge on any atom is 0.0262 e. The first-order chi connectivity index (χ1) is 7.71. The van der Waals surface area contributed by atoms with Gasteiger partial charge in [-0.05, 0) is 30.0 Å². The topological polar surface area (TPSA) is 0 Å². The SMILES string of the molecule is CC(P(CCCl)CCCl)P(CCCl)CCCl. The standard InChI is InChI=1S/C10H20Cl4P2/c1-10(15(6-2-11)7-3-12)16(8-4-13)9-5-14/h10H,2-9H2,1H3. The highest BCUT2D eigenvalue weighted by Gasteiger charge is 2.23. The predicted octanol–water partition coefficient (Wildman–Crippen LogP) is 5.25. The summed E-state index contributed by atoms with van der Waals surface area (Å²) in [6.07, 6.45) is 4.48. The molecular weight excluding hydrogens is 324 g/mol. The highest BCUT2D eigenvalue weighted by Crippen LogP contribution is 2.58. The molecule has 0 unspecified atom stereocenters. The van der Waals surface area contributed by atoms with Crippen LogP contribution in [0, 0.1) is 0 Å². The van der Waals surface area contributed by atoms with Crippen LogP contribution in [0.4, 0.5) is 0 Å². The second-order valence-electron chi connectivity index (χ2n) is 3.46. The van der Waals surface area contributed by atoms with Crippen LogP contribution in [-0.4, -0.2) is 53.6 Å². The molecule has 0 aliphatic rings. The summed E-state index contributed by atoms with van der Waals surface area (Å²) in [6.45, 7) is 2.34. The van der Waals surface area contributed by atoms with E-state index in [1.807, 2.05) is 0 Å². The Labute approximate surface area is 122 Å². The normalized spacial score (nSPS) is 12.0. The van der Waals surface area contributed by atoms with Gasteiger partial charge in [-0.2, -0.15) is 0 Å². The van der Waals surface area contributed by atoms with Gasteiger partial charge in [0, 0.05) is 23.5 Å². The molecule has 0 N–H and O–H groups in total. The first-order valence-electron chi connectivity index (χ1n) is 5.43. The lowest BCUT2D eigenvalue weighted by molar-refractivity contribution is 1.25. The summed E-state index contributed by atoms with van der Waals surface area (Å²) in [5.74, 6) is 2.99. The van der Waals surface area contributed by atoms with Crippen molar-refractivity contribution in [3.05, 3.63) is 0 Å². The first kappa shape index (κ1) is 18.0. The van der Waals surface area contributed by atoms with Gasteiger partial charge in [0.15, 0.2) is 0 Å². The van der Waals surface area contributed by atoms with Gasteiger partial charge in [-0.25, -0.2) is 0 Å². The van der Waals surface area contributed by atoms with Gasteiger partial charge in [0.05, 0.1) is 0 Å².